The smallest absolute Gasteiger partial charge is 0.406 e. The first-order chi connectivity index (χ1) is 9.69. The average Bonchev–Trinajstić information content (AvgIpc) is 2.85. The van der Waals surface area contributed by atoms with Gasteiger partial charge in [-0.25, -0.2) is 4.79 Å². The van der Waals surface area contributed by atoms with Gasteiger partial charge in [-0.15, -0.1) is 0 Å². The van der Waals surface area contributed by atoms with Gasteiger partial charge in [-0.1, -0.05) is 0 Å². The Morgan fingerprint density at radius 2 is 1.81 bits per heavy atom. The fraction of sp³-hybridized carbons (Fsp3) is 0.833. The molecule has 6 nitrogen and oxygen atoms in total. The van der Waals surface area contributed by atoms with Crippen LogP contribution in [0.15, 0.2) is 0 Å². The molecule has 0 aromatic carbocycles. The Hall–Kier alpha value is -1.51. The van der Waals surface area contributed by atoms with Crippen molar-refractivity contribution in [1.29, 1.82) is 0 Å². The Morgan fingerprint density at radius 1 is 1.24 bits per heavy atom. The van der Waals surface area contributed by atoms with Crippen molar-refractivity contribution in [1.82, 2.24) is 14.7 Å². The number of nitrogens with zero attached hydrogens (tertiary/aromatic N) is 3. The molecule has 0 atom stereocenters. The van der Waals surface area contributed by atoms with E-state index in [-0.39, 0.29) is 6.54 Å². The fourth-order valence-electron chi connectivity index (χ4n) is 2.21. The number of likely N-dealkylation sites (tertiary alicyclic amines) is 1. The van der Waals surface area contributed by atoms with Crippen molar-refractivity contribution < 1.29 is 27.9 Å². The summed E-state index contributed by atoms with van der Waals surface area (Å²) in [6, 6.07) is -0.922. The van der Waals surface area contributed by atoms with Crippen molar-refractivity contribution >= 4 is 12.0 Å². The van der Waals surface area contributed by atoms with Crippen LogP contribution < -0.4 is 0 Å². The Bertz CT molecular complexity index is 370. The van der Waals surface area contributed by atoms with Crippen molar-refractivity contribution in [2.75, 3.05) is 46.3 Å². The lowest BCUT2D eigenvalue weighted by atomic mass is 10.4. The van der Waals surface area contributed by atoms with Gasteiger partial charge in [0.05, 0.1) is 0 Å². The maximum absolute atomic E-state index is 12.4. The summed E-state index contributed by atoms with van der Waals surface area (Å²) in [6.07, 6.45) is -2.46. The summed E-state index contributed by atoms with van der Waals surface area (Å²) in [4.78, 5) is 26.1. The largest absolute Gasteiger partial charge is 0.480 e. The third-order valence-electron chi connectivity index (χ3n) is 3.24. The molecule has 0 bridgehead atoms. The molecule has 1 N–H and O–H groups in total. The molecule has 0 aromatic rings. The van der Waals surface area contributed by atoms with E-state index < -0.39 is 31.3 Å². The van der Waals surface area contributed by atoms with Crippen molar-refractivity contribution in [3.8, 4) is 0 Å². The lowest BCUT2D eigenvalue weighted by Gasteiger charge is -2.28. The highest BCUT2D eigenvalue weighted by atomic mass is 19.4. The van der Waals surface area contributed by atoms with Gasteiger partial charge in [0.15, 0.2) is 0 Å². The van der Waals surface area contributed by atoms with Crippen LogP contribution in [0.1, 0.15) is 12.8 Å². The number of carbonyl (C=O) groups is 2. The molecule has 1 fully saturated rings. The normalized spacial score (nSPS) is 16.0. The molecule has 0 spiro atoms. The number of likely N-dealkylation sites (N-methyl/N-ethyl adjacent to an activating group) is 1. The lowest BCUT2D eigenvalue weighted by Crippen LogP contribution is -2.49. The number of halogens is 3. The predicted octanol–water partition coefficient (Wildman–Crippen LogP) is 1.08. The molecule has 1 aliphatic heterocycles. The van der Waals surface area contributed by atoms with Crippen LogP contribution >= 0.6 is 0 Å². The highest BCUT2D eigenvalue weighted by Gasteiger charge is 2.35. The third-order valence-corrected chi connectivity index (χ3v) is 3.24. The van der Waals surface area contributed by atoms with Crippen LogP contribution in [0.25, 0.3) is 0 Å². The van der Waals surface area contributed by atoms with Crippen LogP contribution in [0, 0.1) is 0 Å². The van der Waals surface area contributed by atoms with E-state index in [4.69, 9.17) is 5.11 Å². The van der Waals surface area contributed by atoms with Gasteiger partial charge < -0.3 is 19.8 Å². The van der Waals surface area contributed by atoms with E-state index in [1.54, 1.807) is 0 Å². The molecule has 0 radical (unpaired) electrons. The Labute approximate surface area is 121 Å². The first-order valence-electron chi connectivity index (χ1n) is 6.70. The summed E-state index contributed by atoms with van der Waals surface area (Å²) >= 11 is 0. The molecule has 1 saturated heterocycles. The molecule has 1 rings (SSSR count). The molecule has 21 heavy (non-hydrogen) atoms. The monoisotopic (exact) mass is 311 g/mol. The zero-order valence-corrected chi connectivity index (χ0v) is 11.9. The molecule has 0 unspecified atom stereocenters. The average molecular weight is 311 g/mol. The van der Waals surface area contributed by atoms with Gasteiger partial charge in [0, 0.05) is 20.1 Å². The van der Waals surface area contributed by atoms with Gasteiger partial charge in [0.2, 0.25) is 0 Å². The van der Waals surface area contributed by atoms with E-state index in [1.165, 1.54) is 7.05 Å². The summed E-state index contributed by atoms with van der Waals surface area (Å²) in [5, 5.41) is 8.63. The number of rotatable bonds is 6. The SMILES string of the molecule is CN(CCN1CCCC1)C(=O)N(CC(=O)O)CC(F)(F)F. The van der Waals surface area contributed by atoms with E-state index >= 15 is 0 Å². The zero-order valence-electron chi connectivity index (χ0n) is 11.9. The number of carboxylic acid groups (broad SMARTS) is 1. The molecule has 0 aromatic heterocycles. The van der Waals surface area contributed by atoms with Crippen molar-refractivity contribution in [3.05, 3.63) is 0 Å². The number of hydrogen-bond donors (Lipinski definition) is 1. The van der Waals surface area contributed by atoms with E-state index in [0.29, 0.717) is 11.4 Å². The molecule has 9 heteroatoms. The van der Waals surface area contributed by atoms with Crippen LogP contribution in [-0.4, -0.2) is 84.3 Å². The Morgan fingerprint density at radius 3 is 2.29 bits per heavy atom. The van der Waals surface area contributed by atoms with Gasteiger partial charge in [-0.3, -0.25) is 4.79 Å². The van der Waals surface area contributed by atoms with E-state index in [1.807, 2.05) is 0 Å². The minimum atomic E-state index is -4.62. The van der Waals surface area contributed by atoms with E-state index in [0.717, 1.165) is 30.8 Å². The molecule has 0 aliphatic carbocycles. The fourth-order valence-corrected chi connectivity index (χ4v) is 2.21. The number of aliphatic carboxylic acids is 1. The number of carbonyl (C=O) groups excluding carboxylic acids is 1. The van der Waals surface area contributed by atoms with Crippen molar-refractivity contribution in [2.45, 2.75) is 19.0 Å². The van der Waals surface area contributed by atoms with E-state index in [9.17, 15) is 22.8 Å². The Kier molecular flexibility index (Phi) is 6.25. The number of alkyl halides is 3. The maximum atomic E-state index is 12.4. The van der Waals surface area contributed by atoms with Crippen LogP contribution in [0.2, 0.25) is 0 Å². The third kappa shape index (κ3) is 6.65. The van der Waals surface area contributed by atoms with Crippen LogP contribution in [0.5, 0.6) is 0 Å². The topological polar surface area (TPSA) is 64.1 Å². The highest BCUT2D eigenvalue weighted by Crippen LogP contribution is 2.17. The molecule has 122 valence electrons. The summed E-state index contributed by atoms with van der Waals surface area (Å²) in [6.45, 7) is 0.160. The summed E-state index contributed by atoms with van der Waals surface area (Å²) in [5.74, 6) is -1.47. The van der Waals surface area contributed by atoms with Crippen molar-refractivity contribution in [2.24, 2.45) is 0 Å². The van der Waals surface area contributed by atoms with Gasteiger partial charge in [0.25, 0.3) is 0 Å². The summed E-state index contributed by atoms with van der Waals surface area (Å²) < 4.78 is 37.2. The molecular formula is C12H20F3N3O3. The lowest BCUT2D eigenvalue weighted by molar-refractivity contribution is -0.149. The summed E-state index contributed by atoms with van der Waals surface area (Å²) in [7, 11) is 1.38. The van der Waals surface area contributed by atoms with Gasteiger partial charge in [-0.2, -0.15) is 13.2 Å². The second-order valence-corrected chi connectivity index (χ2v) is 5.12. The Balaban J connectivity index is 2.53. The summed E-state index contributed by atoms with van der Waals surface area (Å²) in [5.41, 5.74) is 0. The molecular weight excluding hydrogens is 291 g/mol. The number of amides is 2. The molecule has 2 amide bonds. The predicted molar refractivity (Wildman–Crippen MR) is 69.0 cm³/mol. The van der Waals surface area contributed by atoms with Crippen LogP contribution in [-0.2, 0) is 4.79 Å². The molecule has 0 saturated carbocycles. The van der Waals surface area contributed by atoms with Gasteiger partial charge in [-0.05, 0) is 25.9 Å². The number of carboxylic acids is 1. The van der Waals surface area contributed by atoms with Crippen molar-refractivity contribution in [3.63, 3.8) is 0 Å². The maximum Gasteiger partial charge on any atom is 0.406 e. The standard InChI is InChI=1S/C12H20F3N3O3/c1-16(6-7-17-4-2-3-5-17)11(21)18(8-10(19)20)9-12(13,14)15/h2-9H2,1H3,(H,19,20). The van der Waals surface area contributed by atoms with E-state index in [2.05, 4.69) is 4.90 Å². The zero-order chi connectivity index (χ0) is 16.0. The van der Waals surface area contributed by atoms with Gasteiger partial charge in [0.1, 0.15) is 13.1 Å². The minimum absolute atomic E-state index is 0.271. The quantitative estimate of drug-likeness (QED) is 0.797. The highest BCUT2D eigenvalue weighted by molar-refractivity contribution is 5.80. The first-order valence-corrected chi connectivity index (χ1v) is 6.70. The van der Waals surface area contributed by atoms with Crippen LogP contribution in [0.3, 0.4) is 0 Å². The van der Waals surface area contributed by atoms with Gasteiger partial charge >= 0.3 is 18.2 Å². The molecule has 1 aliphatic rings. The number of hydrogen-bond acceptors (Lipinski definition) is 3. The molecule has 1 heterocycles. The first kappa shape index (κ1) is 17.5. The second kappa shape index (κ2) is 7.48. The van der Waals surface area contributed by atoms with Crippen LogP contribution in [0.4, 0.5) is 18.0 Å². The second-order valence-electron chi connectivity index (χ2n) is 5.12. The number of urea groups is 1. The minimum Gasteiger partial charge on any atom is -0.480 e.